The van der Waals surface area contributed by atoms with Crippen molar-refractivity contribution < 1.29 is 9.53 Å². The van der Waals surface area contributed by atoms with Crippen molar-refractivity contribution in [3.05, 3.63) is 36.2 Å². The molecule has 2 N–H and O–H groups in total. The topological polar surface area (TPSA) is 94.0 Å². The lowest BCUT2D eigenvalue weighted by Crippen LogP contribution is -2.44. The molecule has 1 aliphatic heterocycles. The normalized spacial score (nSPS) is 18.1. The Bertz CT molecular complexity index is 609. The van der Waals surface area contributed by atoms with E-state index in [1.165, 1.54) is 0 Å². The average molecular weight is 302 g/mol. The molecule has 3 rings (SSSR count). The highest BCUT2D eigenvalue weighted by atomic mass is 16.5. The quantitative estimate of drug-likeness (QED) is 0.784. The number of hydrogen-bond donors (Lipinski definition) is 2. The maximum absolute atomic E-state index is 12.0. The zero-order valence-corrected chi connectivity index (χ0v) is 12.1. The van der Waals surface area contributed by atoms with Crippen LogP contribution < -0.4 is 10.6 Å². The molecule has 0 radical (unpaired) electrons. The monoisotopic (exact) mass is 302 g/mol. The van der Waals surface area contributed by atoms with Crippen LogP contribution in [0.1, 0.15) is 12.2 Å². The van der Waals surface area contributed by atoms with E-state index in [0.717, 1.165) is 12.2 Å². The number of nitrogens with zero attached hydrogens (tertiary/aromatic N) is 4. The van der Waals surface area contributed by atoms with Crippen LogP contribution >= 0.6 is 0 Å². The van der Waals surface area contributed by atoms with Crippen molar-refractivity contribution in [1.29, 1.82) is 0 Å². The summed E-state index contributed by atoms with van der Waals surface area (Å²) < 4.78 is 6.94. The van der Waals surface area contributed by atoms with E-state index in [1.807, 2.05) is 30.3 Å². The van der Waals surface area contributed by atoms with E-state index in [-0.39, 0.29) is 18.5 Å². The minimum absolute atomic E-state index is 0.0504. The molecule has 8 heteroatoms. The SMILES string of the molecule is O=C(CC1COCCN1)NCc1nnnn1-c1ccccc1. The third kappa shape index (κ3) is 3.66. The standard InChI is InChI=1S/C14H18N6O2/c21-14(8-11-10-22-7-6-15-11)16-9-13-17-18-19-20(13)12-4-2-1-3-5-12/h1-5,11,15H,6-10H2,(H,16,21). The number of para-hydroxylation sites is 1. The second-order valence-corrected chi connectivity index (χ2v) is 5.05. The first kappa shape index (κ1) is 14.6. The van der Waals surface area contributed by atoms with E-state index in [4.69, 9.17) is 4.74 Å². The first-order valence-corrected chi connectivity index (χ1v) is 7.23. The summed E-state index contributed by atoms with van der Waals surface area (Å²) in [6.45, 7) is 2.33. The van der Waals surface area contributed by atoms with Crippen molar-refractivity contribution in [2.24, 2.45) is 0 Å². The molecule has 1 amide bonds. The highest BCUT2D eigenvalue weighted by Crippen LogP contribution is 2.06. The summed E-state index contributed by atoms with van der Waals surface area (Å²) in [5.41, 5.74) is 0.860. The highest BCUT2D eigenvalue weighted by Gasteiger charge is 2.17. The predicted octanol–water partition coefficient (Wildman–Crippen LogP) is -0.343. The van der Waals surface area contributed by atoms with Crippen molar-refractivity contribution in [3.8, 4) is 5.69 Å². The van der Waals surface area contributed by atoms with Gasteiger partial charge in [-0.2, -0.15) is 4.68 Å². The van der Waals surface area contributed by atoms with E-state index >= 15 is 0 Å². The molecule has 2 heterocycles. The molecule has 1 saturated heterocycles. The van der Waals surface area contributed by atoms with Crippen molar-refractivity contribution in [2.75, 3.05) is 19.8 Å². The van der Waals surface area contributed by atoms with Crippen LogP contribution in [0.15, 0.2) is 30.3 Å². The number of carbonyl (C=O) groups is 1. The zero-order chi connectivity index (χ0) is 15.2. The molecule has 0 spiro atoms. The van der Waals surface area contributed by atoms with Gasteiger partial charge < -0.3 is 15.4 Å². The molecule has 116 valence electrons. The van der Waals surface area contributed by atoms with Gasteiger partial charge in [-0.15, -0.1) is 5.10 Å². The fraction of sp³-hybridized carbons (Fsp3) is 0.429. The van der Waals surface area contributed by atoms with E-state index < -0.39 is 0 Å². The van der Waals surface area contributed by atoms with Crippen LogP contribution in [-0.4, -0.2) is 51.9 Å². The largest absolute Gasteiger partial charge is 0.378 e. The number of benzene rings is 1. The molecule has 1 fully saturated rings. The predicted molar refractivity (Wildman–Crippen MR) is 78.2 cm³/mol. The van der Waals surface area contributed by atoms with Crippen LogP contribution in [0.5, 0.6) is 0 Å². The number of amides is 1. The molecule has 1 atom stereocenters. The zero-order valence-electron chi connectivity index (χ0n) is 12.1. The number of tetrazole rings is 1. The lowest BCUT2D eigenvalue weighted by Gasteiger charge is -2.23. The van der Waals surface area contributed by atoms with Crippen LogP contribution in [0.25, 0.3) is 5.69 Å². The third-order valence-corrected chi connectivity index (χ3v) is 3.41. The molecular weight excluding hydrogens is 284 g/mol. The van der Waals surface area contributed by atoms with Gasteiger partial charge in [0.1, 0.15) is 0 Å². The summed E-state index contributed by atoms with van der Waals surface area (Å²) in [7, 11) is 0. The summed E-state index contributed by atoms with van der Waals surface area (Å²) >= 11 is 0. The summed E-state index contributed by atoms with van der Waals surface area (Å²) in [6, 6.07) is 9.63. The summed E-state index contributed by atoms with van der Waals surface area (Å²) in [5, 5.41) is 17.7. The Balaban J connectivity index is 1.55. The first-order valence-electron chi connectivity index (χ1n) is 7.23. The lowest BCUT2D eigenvalue weighted by atomic mass is 10.2. The Morgan fingerprint density at radius 1 is 1.41 bits per heavy atom. The maximum Gasteiger partial charge on any atom is 0.222 e. The fourth-order valence-corrected chi connectivity index (χ4v) is 2.31. The van der Waals surface area contributed by atoms with Crippen molar-refractivity contribution in [2.45, 2.75) is 19.0 Å². The Labute approximate surface area is 127 Å². The second-order valence-electron chi connectivity index (χ2n) is 5.05. The molecule has 0 aliphatic carbocycles. The Morgan fingerprint density at radius 2 is 2.27 bits per heavy atom. The van der Waals surface area contributed by atoms with Crippen LogP contribution in [0.4, 0.5) is 0 Å². The minimum atomic E-state index is -0.0504. The maximum atomic E-state index is 12.0. The summed E-state index contributed by atoms with van der Waals surface area (Å²) in [5.74, 6) is 0.540. The minimum Gasteiger partial charge on any atom is -0.378 e. The first-order chi connectivity index (χ1) is 10.8. The highest BCUT2D eigenvalue weighted by molar-refractivity contribution is 5.76. The van der Waals surface area contributed by atoms with Gasteiger partial charge in [0.2, 0.25) is 5.91 Å². The average Bonchev–Trinajstić information content (AvgIpc) is 3.03. The number of nitrogens with one attached hydrogen (secondary N) is 2. The number of hydrogen-bond acceptors (Lipinski definition) is 6. The van der Waals surface area contributed by atoms with E-state index in [0.29, 0.717) is 25.5 Å². The van der Waals surface area contributed by atoms with Gasteiger partial charge in [0.05, 0.1) is 25.4 Å². The fourth-order valence-electron chi connectivity index (χ4n) is 2.31. The van der Waals surface area contributed by atoms with Gasteiger partial charge in [0.25, 0.3) is 0 Å². The summed E-state index contributed by atoms with van der Waals surface area (Å²) in [4.78, 5) is 12.0. The Morgan fingerprint density at radius 3 is 3.05 bits per heavy atom. The van der Waals surface area contributed by atoms with Gasteiger partial charge in [-0.25, -0.2) is 0 Å². The molecule has 2 aromatic rings. The molecule has 8 nitrogen and oxygen atoms in total. The van der Waals surface area contributed by atoms with E-state index in [1.54, 1.807) is 4.68 Å². The smallest absolute Gasteiger partial charge is 0.222 e. The Kier molecular flexibility index (Phi) is 4.71. The van der Waals surface area contributed by atoms with Crippen LogP contribution in [0, 0.1) is 0 Å². The summed E-state index contributed by atoms with van der Waals surface area (Å²) in [6.07, 6.45) is 0.382. The molecule has 22 heavy (non-hydrogen) atoms. The van der Waals surface area contributed by atoms with Gasteiger partial charge in [-0.3, -0.25) is 4.79 Å². The van der Waals surface area contributed by atoms with Crippen molar-refractivity contribution >= 4 is 5.91 Å². The van der Waals surface area contributed by atoms with Crippen LogP contribution in [0.2, 0.25) is 0 Å². The second kappa shape index (κ2) is 7.10. The Hall–Kier alpha value is -2.32. The molecule has 0 saturated carbocycles. The molecule has 1 aliphatic rings. The number of ether oxygens (including phenoxy) is 1. The molecule has 0 bridgehead atoms. The van der Waals surface area contributed by atoms with Crippen molar-refractivity contribution in [3.63, 3.8) is 0 Å². The molecule has 1 unspecified atom stereocenters. The molecule has 1 aromatic heterocycles. The number of rotatable bonds is 5. The van der Waals surface area contributed by atoms with Crippen LogP contribution in [0.3, 0.4) is 0 Å². The van der Waals surface area contributed by atoms with Crippen molar-refractivity contribution in [1.82, 2.24) is 30.8 Å². The molecular formula is C14H18N6O2. The van der Waals surface area contributed by atoms with Gasteiger partial charge in [0, 0.05) is 19.0 Å². The van der Waals surface area contributed by atoms with E-state index in [2.05, 4.69) is 26.2 Å². The van der Waals surface area contributed by atoms with Gasteiger partial charge in [-0.1, -0.05) is 18.2 Å². The molecule has 1 aromatic carbocycles. The number of aromatic nitrogens is 4. The lowest BCUT2D eigenvalue weighted by molar-refractivity contribution is -0.122. The number of morpholine rings is 1. The van der Waals surface area contributed by atoms with Crippen LogP contribution in [-0.2, 0) is 16.1 Å². The number of carbonyl (C=O) groups excluding carboxylic acids is 1. The third-order valence-electron chi connectivity index (χ3n) is 3.41. The van der Waals surface area contributed by atoms with Gasteiger partial charge >= 0.3 is 0 Å². The van der Waals surface area contributed by atoms with Gasteiger partial charge in [-0.05, 0) is 22.6 Å². The van der Waals surface area contributed by atoms with E-state index in [9.17, 15) is 4.79 Å². The van der Waals surface area contributed by atoms with Gasteiger partial charge in [0.15, 0.2) is 5.82 Å².